The van der Waals surface area contributed by atoms with E-state index in [0.29, 0.717) is 12.5 Å². The van der Waals surface area contributed by atoms with E-state index in [1.807, 2.05) is 6.07 Å². The minimum absolute atomic E-state index is 0.338. The maximum atomic E-state index is 12.0. The van der Waals surface area contributed by atoms with Crippen LogP contribution in [0.4, 0.5) is 0 Å². The molecule has 0 saturated carbocycles. The van der Waals surface area contributed by atoms with Crippen molar-refractivity contribution in [2.75, 3.05) is 6.61 Å². The van der Waals surface area contributed by atoms with Crippen LogP contribution in [0.15, 0.2) is 48.5 Å². The number of aryl methyl sites for hydroxylation is 1. The average Bonchev–Trinajstić information content (AvgIpc) is 2.61. The van der Waals surface area contributed by atoms with E-state index in [-0.39, 0.29) is 5.97 Å². The molecule has 1 unspecified atom stereocenters. The van der Waals surface area contributed by atoms with Gasteiger partial charge in [-0.05, 0) is 68.9 Å². The van der Waals surface area contributed by atoms with Crippen molar-refractivity contribution in [3.63, 3.8) is 0 Å². The molecule has 25 heavy (non-hydrogen) atoms. The molecule has 1 aliphatic rings. The lowest BCUT2D eigenvalue weighted by Crippen LogP contribution is -2.39. The van der Waals surface area contributed by atoms with Gasteiger partial charge in [-0.3, -0.25) is 0 Å². The van der Waals surface area contributed by atoms with E-state index in [0.717, 1.165) is 18.6 Å². The molecule has 1 atom stereocenters. The van der Waals surface area contributed by atoms with Gasteiger partial charge in [0.2, 0.25) is 0 Å². The van der Waals surface area contributed by atoms with Crippen LogP contribution in [-0.2, 0) is 16.0 Å². The molecule has 0 aromatic heterocycles. The summed E-state index contributed by atoms with van der Waals surface area (Å²) in [6.07, 6.45) is 3.39. The average molecular weight is 338 g/mol. The molecule has 0 N–H and O–H groups in total. The van der Waals surface area contributed by atoms with Gasteiger partial charge in [0.05, 0.1) is 6.61 Å². The van der Waals surface area contributed by atoms with Gasteiger partial charge in [-0.15, -0.1) is 0 Å². The van der Waals surface area contributed by atoms with Crippen LogP contribution in [0.5, 0.6) is 5.75 Å². The Morgan fingerprint density at radius 2 is 1.92 bits per heavy atom. The van der Waals surface area contributed by atoms with Gasteiger partial charge in [0.1, 0.15) is 5.75 Å². The summed E-state index contributed by atoms with van der Waals surface area (Å²) >= 11 is 0. The Morgan fingerprint density at radius 1 is 1.16 bits per heavy atom. The van der Waals surface area contributed by atoms with Crippen molar-refractivity contribution in [2.45, 2.75) is 51.6 Å². The van der Waals surface area contributed by atoms with Crippen molar-refractivity contribution in [1.82, 2.24) is 0 Å². The normalized spacial score (nSPS) is 16.8. The van der Waals surface area contributed by atoms with Crippen molar-refractivity contribution in [3.05, 3.63) is 65.2 Å². The second-order valence-corrected chi connectivity index (χ2v) is 7.05. The third kappa shape index (κ3) is 3.87. The number of esters is 1. The maximum absolute atomic E-state index is 12.0. The van der Waals surface area contributed by atoms with Gasteiger partial charge in [0, 0.05) is 5.92 Å². The van der Waals surface area contributed by atoms with E-state index in [2.05, 4.69) is 42.5 Å². The third-order valence-electron chi connectivity index (χ3n) is 4.77. The van der Waals surface area contributed by atoms with Crippen LogP contribution in [0.3, 0.4) is 0 Å². The van der Waals surface area contributed by atoms with Crippen LogP contribution in [0.2, 0.25) is 0 Å². The molecule has 2 aromatic carbocycles. The number of hydrogen-bond donors (Lipinski definition) is 0. The van der Waals surface area contributed by atoms with E-state index < -0.39 is 5.60 Å². The number of ether oxygens (including phenoxy) is 2. The predicted octanol–water partition coefficient (Wildman–Crippen LogP) is 4.88. The fourth-order valence-corrected chi connectivity index (χ4v) is 3.53. The monoisotopic (exact) mass is 338 g/mol. The highest BCUT2D eigenvalue weighted by Gasteiger charge is 2.32. The second kappa shape index (κ2) is 7.30. The molecule has 0 fully saturated rings. The molecular weight excluding hydrogens is 312 g/mol. The Bertz CT molecular complexity index is 734. The molecule has 1 aliphatic carbocycles. The highest BCUT2D eigenvalue weighted by atomic mass is 16.6. The maximum Gasteiger partial charge on any atom is 0.349 e. The van der Waals surface area contributed by atoms with E-state index >= 15 is 0 Å². The Labute approximate surface area is 150 Å². The number of hydrogen-bond acceptors (Lipinski definition) is 3. The number of carbonyl (C=O) groups is 1. The van der Waals surface area contributed by atoms with Gasteiger partial charge in [-0.2, -0.15) is 0 Å². The highest BCUT2D eigenvalue weighted by Crippen LogP contribution is 2.38. The Kier molecular flexibility index (Phi) is 5.12. The molecule has 0 saturated heterocycles. The number of benzene rings is 2. The van der Waals surface area contributed by atoms with Crippen LogP contribution in [0, 0.1) is 0 Å². The third-order valence-corrected chi connectivity index (χ3v) is 4.77. The van der Waals surface area contributed by atoms with Gasteiger partial charge < -0.3 is 9.47 Å². The summed E-state index contributed by atoms with van der Waals surface area (Å²) in [6.45, 7) is 5.65. The quantitative estimate of drug-likeness (QED) is 0.729. The zero-order chi connectivity index (χ0) is 17.9. The van der Waals surface area contributed by atoms with E-state index in [1.54, 1.807) is 20.8 Å². The van der Waals surface area contributed by atoms with Gasteiger partial charge >= 0.3 is 5.97 Å². The largest absolute Gasteiger partial charge is 0.476 e. The van der Waals surface area contributed by atoms with Crippen LogP contribution < -0.4 is 4.74 Å². The lowest BCUT2D eigenvalue weighted by molar-refractivity contribution is -0.158. The van der Waals surface area contributed by atoms with Crippen LogP contribution in [-0.4, -0.2) is 18.2 Å². The Morgan fingerprint density at radius 3 is 2.64 bits per heavy atom. The summed E-state index contributed by atoms with van der Waals surface area (Å²) in [5.41, 5.74) is 3.07. The number of fused-ring (bicyclic) bond motifs is 1. The molecule has 0 amide bonds. The smallest absolute Gasteiger partial charge is 0.349 e. The Balaban J connectivity index is 1.84. The van der Waals surface area contributed by atoms with Gasteiger partial charge in [-0.1, -0.05) is 36.4 Å². The van der Waals surface area contributed by atoms with Crippen molar-refractivity contribution < 1.29 is 14.3 Å². The fraction of sp³-hybridized carbons (Fsp3) is 0.409. The molecule has 0 heterocycles. The summed E-state index contributed by atoms with van der Waals surface area (Å²) < 4.78 is 11.1. The summed E-state index contributed by atoms with van der Waals surface area (Å²) in [7, 11) is 0. The van der Waals surface area contributed by atoms with Gasteiger partial charge in [-0.25, -0.2) is 4.79 Å². The summed E-state index contributed by atoms with van der Waals surface area (Å²) in [4.78, 5) is 12.0. The number of rotatable bonds is 5. The minimum Gasteiger partial charge on any atom is -0.476 e. The summed E-state index contributed by atoms with van der Waals surface area (Å²) in [6, 6.07) is 16.9. The fourth-order valence-electron chi connectivity index (χ4n) is 3.53. The first-order chi connectivity index (χ1) is 12.0. The number of carbonyl (C=O) groups excluding carboxylic acids is 1. The molecule has 0 aliphatic heterocycles. The second-order valence-electron chi connectivity index (χ2n) is 7.05. The minimum atomic E-state index is -0.988. The molecule has 0 spiro atoms. The molecule has 132 valence electrons. The molecule has 2 aromatic rings. The molecular formula is C22H26O3. The lowest BCUT2D eigenvalue weighted by Gasteiger charge is -2.28. The topological polar surface area (TPSA) is 35.5 Å². The summed E-state index contributed by atoms with van der Waals surface area (Å²) in [5, 5.41) is 0. The SMILES string of the molecule is CCOC(=O)C(C)(C)Oc1ccc2c(c1)CCCC2c1ccccc1. The highest BCUT2D eigenvalue weighted by molar-refractivity contribution is 5.79. The van der Waals surface area contributed by atoms with E-state index in [9.17, 15) is 4.79 Å². The van der Waals surface area contributed by atoms with Crippen molar-refractivity contribution in [1.29, 1.82) is 0 Å². The van der Waals surface area contributed by atoms with E-state index in [1.165, 1.54) is 23.1 Å². The van der Waals surface area contributed by atoms with E-state index in [4.69, 9.17) is 9.47 Å². The molecule has 0 radical (unpaired) electrons. The first-order valence-corrected chi connectivity index (χ1v) is 9.05. The van der Waals surface area contributed by atoms with Crippen molar-refractivity contribution in [3.8, 4) is 5.75 Å². The first kappa shape index (κ1) is 17.5. The van der Waals surface area contributed by atoms with Gasteiger partial charge in [0.25, 0.3) is 0 Å². The molecule has 0 bridgehead atoms. The van der Waals surface area contributed by atoms with Crippen LogP contribution in [0.25, 0.3) is 0 Å². The van der Waals surface area contributed by atoms with Gasteiger partial charge in [0.15, 0.2) is 5.60 Å². The zero-order valence-corrected chi connectivity index (χ0v) is 15.2. The van der Waals surface area contributed by atoms with Crippen LogP contribution in [0.1, 0.15) is 56.2 Å². The van der Waals surface area contributed by atoms with Crippen LogP contribution >= 0.6 is 0 Å². The molecule has 3 heteroatoms. The summed E-state index contributed by atoms with van der Waals surface area (Å²) in [5.74, 6) is 0.831. The first-order valence-electron chi connectivity index (χ1n) is 9.05. The van der Waals surface area contributed by atoms with Crippen molar-refractivity contribution in [2.24, 2.45) is 0 Å². The standard InChI is InChI=1S/C22H26O3/c1-4-24-21(23)22(2,3)25-18-13-14-20-17(15-18)11-8-12-19(20)16-9-6-5-7-10-16/h5-7,9-10,13-15,19H,4,8,11-12H2,1-3H3. The molecule has 3 rings (SSSR count). The lowest BCUT2D eigenvalue weighted by atomic mass is 9.79. The Hall–Kier alpha value is -2.29. The molecule has 3 nitrogen and oxygen atoms in total. The van der Waals surface area contributed by atoms with Crippen molar-refractivity contribution >= 4 is 5.97 Å². The zero-order valence-electron chi connectivity index (χ0n) is 15.2. The predicted molar refractivity (Wildman–Crippen MR) is 99.0 cm³/mol.